The van der Waals surface area contributed by atoms with E-state index in [4.69, 9.17) is 0 Å². The molecule has 6 aromatic rings. The fraction of sp³-hybridized carbons (Fsp3) is 0.192. The SMILES string of the molecule is Cc1ccc2c3cccc(F)c3n3c4c[c]([Ge]([CH3])([CH3])[CH3])cc5cc[n+](C)c(c1c23)c54. The van der Waals surface area contributed by atoms with Gasteiger partial charge in [-0.2, -0.15) is 0 Å². The summed E-state index contributed by atoms with van der Waals surface area (Å²) in [6.45, 7) is 2.16. The summed E-state index contributed by atoms with van der Waals surface area (Å²) in [5, 5.41) is 5.79. The number of benzene rings is 3. The third kappa shape index (κ3) is 2.16. The first kappa shape index (κ1) is 18.1. The zero-order chi connectivity index (χ0) is 20.9. The molecule has 30 heavy (non-hydrogen) atoms. The number of fused-ring (bicyclic) bond motifs is 5. The first-order chi connectivity index (χ1) is 14.3. The Bertz CT molecular complexity index is 1650. The second-order valence-electron chi connectivity index (χ2n) is 9.61. The standard InChI is InChI=1S/C26H24FGeN2/c1-15-9-10-19-18-7-6-8-20(27)24(18)30-21-14-17(28(2,3)4)13-16-11-12-29(5)26(23(16)21)22(15)25(19)30/h6-14H,1-5H3/q+1. The Morgan fingerprint density at radius 1 is 0.900 bits per heavy atom. The van der Waals surface area contributed by atoms with Gasteiger partial charge < -0.3 is 0 Å². The van der Waals surface area contributed by atoms with Crippen molar-refractivity contribution in [1.82, 2.24) is 4.40 Å². The van der Waals surface area contributed by atoms with Gasteiger partial charge in [-0.1, -0.05) is 0 Å². The van der Waals surface area contributed by atoms with Crippen LogP contribution in [0.3, 0.4) is 0 Å². The molecule has 0 radical (unpaired) electrons. The van der Waals surface area contributed by atoms with Gasteiger partial charge in [0.1, 0.15) is 0 Å². The molecule has 0 atom stereocenters. The number of para-hydroxylation sites is 1. The first-order valence-electron chi connectivity index (χ1n) is 10.5. The molecule has 0 unspecified atom stereocenters. The van der Waals surface area contributed by atoms with Gasteiger partial charge >= 0.3 is 177 Å². The van der Waals surface area contributed by atoms with Crippen LogP contribution in [0.25, 0.3) is 49.0 Å². The summed E-state index contributed by atoms with van der Waals surface area (Å²) < 4.78 is 21.2. The Morgan fingerprint density at radius 2 is 1.67 bits per heavy atom. The van der Waals surface area contributed by atoms with Gasteiger partial charge in [0, 0.05) is 0 Å². The number of aromatic nitrogens is 2. The third-order valence-corrected chi connectivity index (χ3v) is 10.9. The zero-order valence-electron chi connectivity index (χ0n) is 18.0. The summed E-state index contributed by atoms with van der Waals surface area (Å²) in [7, 11) is 2.12. The average Bonchev–Trinajstić information content (AvgIpc) is 3.04. The quantitative estimate of drug-likeness (QED) is 0.128. The number of nitrogens with zero attached hydrogens (tertiary/aromatic N) is 2. The van der Waals surface area contributed by atoms with Crippen LogP contribution in [0.4, 0.5) is 4.39 Å². The van der Waals surface area contributed by atoms with Crippen molar-refractivity contribution >= 4 is 66.7 Å². The molecule has 0 aliphatic rings. The second kappa shape index (κ2) is 5.73. The molecular formula is C26H24FGeN2+. The summed E-state index contributed by atoms with van der Waals surface area (Å²) >= 11 is -2.11. The molecule has 2 nitrogen and oxygen atoms in total. The number of rotatable bonds is 1. The van der Waals surface area contributed by atoms with Crippen LogP contribution in [0, 0.1) is 12.7 Å². The van der Waals surface area contributed by atoms with E-state index >= 15 is 4.39 Å². The summed E-state index contributed by atoms with van der Waals surface area (Å²) in [5.41, 5.74) is 5.39. The normalized spacial score (nSPS) is 13.0. The predicted octanol–water partition coefficient (Wildman–Crippen LogP) is 5.81. The molecule has 0 saturated carbocycles. The van der Waals surface area contributed by atoms with Gasteiger partial charge in [-0.15, -0.1) is 0 Å². The van der Waals surface area contributed by atoms with E-state index in [-0.39, 0.29) is 5.82 Å². The predicted molar refractivity (Wildman–Crippen MR) is 127 cm³/mol. The Labute approximate surface area is 177 Å². The molecule has 3 aromatic carbocycles. The molecule has 3 aromatic heterocycles. The molecule has 0 saturated heterocycles. The average molecular weight is 456 g/mol. The summed E-state index contributed by atoms with van der Waals surface area (Å²) in [5.74, 6) is 7.10. The van der Waals surface area contributed by atoms with Crippen LogP contribution in [0.5, 0.6) is 0 Å². The second-order valence-corrected chi connectivity index (χ2v) is 20.3. The maximum absolute atomic E-state index is 15.3. The summed E-state index contributed by atoms with van der Waals surface area (Å²) in [6, 6.07) is 16.7. The van der Waals surface area contributed by atoms with Gasteiger partial charge in [0.15, 0.2) is 0 Å². The van der Waals surface area contributed by atoms with Gasteiger partial charge in [-0.05, 0) is 0 Å². The molecule has 0 amide bonds. The van der Waals surface area contributed by atoms with E-state index in [2.05, 4.69) is 82.8 Å². The van der Waals surface area contributed by atoms with Crippen LogP contribution >= 0.6 is 0 Å². The van der Waals surface area contributed by atoms with Crippen molar-refractivity contribution in [2.45, 2.75) is 24.2 Å². The number of halogens is 1. The fourth-order valence-electron chi connectivity index (χ4n) is 5.15. The van der Waals surface area contributed by atoms with Crippen molar-refractivity contribution in [3.8, 4) is 0 Å². The van der Waals surface area contributed by atoms with E-state index in [1.165, 1.54) is 31.6 Å². The number of hydrogen-bond donors (Lipinski definition) is 0. The van der Waals surface area contributed by atoms with Crippen molar-refractivity contribution in [3.05, 3.63) is 66.1 Å². The van der Waals surface area contributed by atoms with Gasteiger partial charge in [-0.3, -0.25) is 0 Å². The molecule has 0 aliphatic heterocycles. The van der Waals surface area contributed by atoms with E-state index in [0.29, 0.717) is 5.52 Å². The van der Waals surface area contributed by atoms with Crippen molar-refractivity contribution < 1.29 is 8.96 Å². The van der Waals surface area contributed by atoms with Crippen molar-refractivity contribution in [2.75, 3.05) is 0 Å². The van der Waals surface area contributed by atoms with Crippen LogP contribution in [0.15, 0.2) is 54.7 Å². The van der Waals surface area contributed by atoms with Gasteiger partial charge in [0.05, 0.1) is 0 Å². The first-order valence-corrected chi connectivity index (χ1v) is 17.8. The Kier molecular flexibility index (Phi) is 3.46. The Morgan fingerprint density at radius 3 is 2.43 bits per heavy atom. The molecule has 148 valence electrons. The molecule has 3 heterocycles. The van der Waals surface area contributed by atoms with Crippen LogP contribution in [-0.2, 0) is 7.05 Å². The van der Waals surface area contributed by atoms with Gasteiger partial charge in [0.2, 0.25) is 0 Å². The Balaban J connectivity index is 2.09. The van der Waals surface area contributed by atoms with Crippen LogP contribution in [-0.4, -0.2) is 17.7 Å². The van der Waals surface area contributed by atoms with E-state index in [9.17, 15) is 0 Å². The van der Waals surface area contributed by atoms with Gasteiger partial charge in [-0.25, -0.2) is 0 Å². The zero-order valence-corrected chi connectivity index (χ0v) is 20.1. The van der Waals surface area contributed by atoms with Crippen LogP contribution < -0.4 is 8.96 Å². The van der Waals surface area contributed by atoms with Crippen molar-refractivity contribution in [3.63, 3.8) is 0 Å². The Hall–Kier alpha value is -2.66. The van der Waals surface area contributed by atoms with Crippen LogP contribution in [0.2, 0.25) is 17.3 Å². The maximum atomic E-state index is 15.3. The number of pyridine rings is 2. The van der Waals surface area contributed by atoms with E-state index < -0.39 is 13.3 Å². The molecule has 6 rings (SSSR count). The van der Waals surface area contributed by atoms with Gasteiger partial charge in [0.25, 0.3) is 0 Å². The fourth-order valence-corrected chi connectivity index (χ4v) is 7.58. The van der Waals surface area contributed by atoms with E-state index in [1.54, 1.807) is 6.07 Å². The molecule has 4 heteroatoms. The molecule has 0 spiro atoms. The number of aryl methyl sites for hydroxylation is 2. The summed E-state index contributed by atoms with van der Waals surface area (Å²) in [6.07, 6.45) is 2.16. The molecule has 0 N–H and O–H groups in total. The topological polar surface area (TPSA) is 8.29 Å². The molecule has 0 aliphatic carbocycles. The molecular weight excluding hydrogens is 432 g/mol. The van der Waals surface area contributed by atoms with E-state index in [1.807, 2.05) is 6.07 Å². The third-order valence-electron chi connectivity index (χ3n) is 6.67. The number of hydrogen-bond acceptors (Lipinski definition) is 0. The minimum absolute atomic E-state index is 0.160. The molecule has 0 bridgehead atoms. The molecule has 0 fully saturated rings. The minimum atomic E-state index is -2.11. The van der Waals surface area contributed by atoms with Crippen molar-refractivity contribution in [2.24, 2.45) is 7.05 Å². The monoisotopic (exact) mass is 457 g/mol. The van der Waals surface area contributed by atoms with E-state index in [0.717, 1.165) is 21.8 Å². The van der Waals surface area contributed by atoms with Crippen molar-refractivity contribution in [1.29, 1.82) is 0 Å². The van der Waals surface area contributed by atoms with Crippen LogP contribution in [0.1, 0.15) is 5.56 Å². The summed E-state index contributed by atoms with van der Waals surface area (Å²) in [4.78, 5) is 0.